The normalized spacial score (nSPS) is 10.8. The Morgan fingerprint density at radius 3 is 2.79 bits per heavy atom. The van der Waals surface area contributed by atoms with E-state index in [9.17, 15) is 4.79 Å². The Morgan fingerprint density at radius 1 is 1.42 bits per heavy atom. The number of methoxy groups -OCH3 is 1. The van der Waals surface area contributed by atoms with Crippen LogP contribution >= 0.6 is 15.9 Å². The van der Waals surface area contributed by atoms with E-state index in [-0.39, 0.29) is 11.8 Å². The van der Waals surface area contributed by atoms with E-state index in [2.05, 4.69) is 21.0 Å². The van der Waals surface area contributed by atoms with Crippen molar-refractivity contribution in [1.29, 1.82) is 0 Å². The summed E-state index contributed by atoms with van der Waals surface area (Å²) in [5, 5.41) is 4.22. The number of benzene rings is 1. The van der Waals surface area contributed by atoms with Gasteiger partial charge in [-0.2, -0.15) is 5.10 Å². The van der Waals surface area contributed by atoms with Crippen LogP contribution in [0.15, 0.2) is 34.9 Å². The van der Waals surface area contributed by atoms with Crippen molar-refractivity contribution in [2.45, 2.75) is 19.9 Å². The Kier molecular flexibility index (Phi) is 4.04. The zero-order chi connectivity index (χ0) is 14.0. The van der Waals surface area contributed by atoms with Gasteiger partial charge < -0.3 is 4.74 Å². The minimum atomic E-state index is -0.0722. The van der Waals surface area contributed by atoms with E-state index in [0.717, 1.165) is 0 Å². The smallest absolute Gasteiger partial charge is 0.212 e. The fourth-order valence-electron chi connectivity index (χ4n) is 1.85. The summed E-state index contributed by atoms with van der Waals surface area (Å²) >= 11 is 3.38. The maximum atomic E-state index is 12.6. The second-order valence-corrected chi connectivity index (χ2v) is 5.29. The Morgan fingerprint density at radius 2 is 2.16 bits per heavy atom. The third kappa shape index (κ3) is 2.71. The Balaban J connectivity index is 2.46. The van der Waals surface area contributed by atoms with E-state index in [1.54, 1.807) is 36.2 Å². The highest BCUT2D eigenvalue weighted by Crippen LogP contribution is 2.24. The first kappa shape index (κ1) is 13.8. The summed E-state index contributed by atoms with van der Waals surface area (Å²) in [6.07, 6.45) is 1.65. The molecule has 0 saturated carbocycles. The summed E-state index contributed by atoms with van der Waals surface area (Å²) in [4.78, 5) is 12.6. The summed E-state index contributed by atoms with van der Waals surface area (Å²) < 4.78 is 7.56. The lowest BCUT2D eigenvalue weighted by Crippen LogP contribution is -2.14. The maximum absolute atomic E-state index is 12.6. The van der Waals surface area contributed by atoms with Gasteiger partial charge in [0.15, 0.2) is 0 Å². The molecule has 100 valence electrons. The molecule has 19 heavy (non-hydrogen) atoms. The molecule has 5 heteroatoms. The summed E-state index contributed by atoms with van der Waals surface area (Å²) in [6.45, 7) is 3.98. The molecule has 0 bridgehead atoms. The largest absolute Gasteiger partial charge is 0.497 e. The molecule has 0 aliphatic carbocycles. The SMILES string of the molecule is COc1cccc(C(=O)c2c(Br)cnn2C(C)C)c1. The number of carbonyl (C=O) groups is 1. The highest BCUT2D eigenvalue weighted by atomic mass is 79.9. The molecule has 2 rings (SSSR count). The molecule has 0 amide bonds. The van der Waals surface area contributed by atoms with Crippen LogP contribution in [0, 0.1) is 0 Å². The van der Waals surface area contributed by atoms with Gasteiger partial charge in [0.2, 0.25) is 5.78 Å². The number of rotatable bonds is 4. The Labute approximate surface area is 120 Å². The van der Waals surface area contributed by atoms with Crippen LogP contribution in [0.25, 0.3) is 0 Å². The number of carbonyl (C=O) groups excluding carboxylic acids is 1. The number of ether oxygens (including phenoxy) is 1. The molecular formula is C14H15BrN2O2. The molecule has 1 aromatic carbocycles. The standard InChI is InChI=1S/C14H15BrN2O2/c1-9(2)17-13(12(15)8-16-17)14(18)10-5-4-6-11(7-10)19-3/h4-9H,1-3H3. The van der Waals surface area contributed by atoms with Gasteiger partial charge in [0.05, 0.1) is 17.8 Å². The van der Waals surface area contributed by atoms with Gasteiger partial charge in [0.1, 0.15) is 11.4 Å². The Bertz CT molecular complexity index is 605. The van der Waals surface area contributed by atoms with Crippen LogP contribution in [-0.2, 0) is 0 Å². The Hall–Kier alpha value is -1.62. The predicted molar refractivity (Wildman–Crippen MR) is 76.7 cm³/mol. The number of ketones is 1. The molecule has 1 heterocycles. The molecule has 0 saturated heterocycles. The first-order valence-corrected chi connectivity index (χ1v) is 6.75. The van der Waals surface area contributed by atoms with Gasteiger partial charge in [-0.1, -0.05) is 12.1 Å². The van der Waals surface area contributed by atoms with Gasteiger partial charge in [-0.25, -0.2) is 0 Å². The number of halogens is 1. The van der Waals surface area contributed by atoms with E-state index in [1.165, 1.54) is 0 Å². The van der Waals surface area contributed by atoms with Crippen molar-refractivity contribution in [2.24, 2.45) is 0 Å². The molecule has 0 N–H and O–H groups in total. The molecular weight excluding hydrogens is 308 g/mol. The van der Waals surface area contributed by atoms with E-state index in [1.807, 2.05) is 19.9 Å². The average Bonchev–Trinajstić information content (AvgIpc) is 2.80. The summed E-state index contributed by atoms with van der Waals surface area (Å²) in [5.74, 6) is 0.592. The quantitative estimate of drug-likeness (QED) is 0.809. The van der Waals surface area contributed by atoms with Gasteiger partial charge in [0.25, 0.3) is 0 Å². The molecule has 1 aromatic heterocycles. The van der Waals surface area contributed by atoms with Crippen LogP contribution in [0.3, 0.4) is 0 Å². The van der Waals surface area contributed by atoms with Crippen molar-refractivity contribution in [3.8, 4) is 5.75 Å². The minimum Gasteiger partial charge on any atom is -0.497 e. The molecule has 2 aromatic rings. The molecule has 0 spiro atoms. The van der Waals surface area contributed by atoms with Crippen LogP contribution in [0.1, 0.15) is 35.9 Å². The average molecular weight is 323 g/mol. The summed E-state index contributed by atoms with van der Waals surface area (Å²) in [7, 11) is 1.58. The number of hydrogen-bond donors (Lipinski definition) is 0. The summed E-state index contributed by atoms with van der Waals surface area (Å²) in [6, 6.07) is 7.24. The molecule has 0 fully saturated rings. The van der Waals surface area contributed by atoms with Crippen LogP contribution < -0.4 is 4.74 Å². The van der Waals surface area contributed by atoms with Crippen molar-refractivity contribution in [3.05, 3.63) is 46.2 Å². The molecule has 0 atom stereocenters. The number of hydrogen-bond acceptors (Lipinski definition) is 3. The molecule has 4 nitrogen and oxygen atoms in total. The lowest BCUT2D eigenvalue weighted by molar-refractivity contribution is 0.102. The highest BCUT2D eigenvalue weighted by molar-refractivity contribution is 9.10. The van der Waals surface area contributed by atoms with E-state index in [4.69, 9.17) is 4.74 Å². The van der Waals surface area contributed by atoms with Crippen LogP contribution in [0.4, 0.5) is 0 Å². The monoisotopic (exact) mass is 322 g/mol. The lowest BCUT2D eigenvalue weighted by Gasteiger charge is -2.11. The number of aromatic nitrogens is 2. The second-order valence-electron chi connectivity index (χ2n) is 4.44. The number of nitrogens with zero attached hydrogens (tertiary/aromatic N) is 2. The topological polar surface area (TPSA) is 44.1 Å². The fourth-order valence-corrected chi connectivity index (χ4v) is 2.30. The first-order chi connectivity index (χ1) is 9.04. The van der Waals surface area contributed by atoms with E-state index >= 15 is 0 Å². The van der Waals surface area contributed by atoms with Crippen LogP contribution in [0.2, 0.25) is 0 Å². The summed E-state index contributed by atoms with van der Waals surface area (Å²) in [5.41, 5.74) is 1.14. The van der Waals surface area contributed by atoms with E-state index < -0.39 is 0 Å². The van der Waals surface area contributed by atoms with Gasteiger partial charge >= 0.3 is 0 Å². The zero-order valence-corrected chi connectivity index (χ0v) is 12.6. The van der Waals surface area contributed by atoms with Crippen molar-refractivity contribution in [1.82, 2.24) is 9.78 Å². The second kappa shape index (κ2) is 5.57. The molecule has 0 aliphatic rings. The minimum absolute atomic E-state index is 0.0722. The molecule has 0 unspecified atom stereocenters. The van der Waals surface area contributed by atoms with Crippen molar-refractivity contribution >= 4 is 21.7 Å². The third-order valence-corrected chi connectivity index (χ3v) is 3.37. The van der Waals surface area contributed by atoms with Crippen LogP contribution in [0.5, 0.6) is 5.75 Å². The fraction of sp³-hybridized carbons (Fsp3) is 0.286. The van der Waals surface area contributed by atoms with Crippen molar-refractivity contribution in [2.75, 3.05) is 7.11 Å². The maximum Gasteiger partial charge on any atom is 0.212 e. The van der Waals surface area contributed by atoms with Crippen molar-refractivity contribution in [3.63, 3.8) is 0 Å². The van der Waals surface area contributed by atoms with Crippen molar-refractivity contribution < 1.29 is 9.53 Å². The van der Waals surface area contributed by atoms with Gasteiger partial charge in [-0.3, -0.25) is 9.48 Å². The highest BCUT2D eigenvalue weighted by Gasteiger charge is 2.20. The molecule has 0 radical (unpaired) electrons. The predicted octanol–water partition coefficient (Wildman–Crippen LogP) is 3.47. The first-order valence-electron chi connectivity index (χ1n) is 5.96. The van der Waals surface area contributed by atoms with Gasteiger partial charge in [-0.05, 0) is 41.9 Å². The van der Waals surface area contributed by atoms with E-state index in [0.29, 0.717) is 21.5 Å². The third-order valence-electron chi connectivity index (χ3n) is 2.79. The zero-order valence-electron chi connectivity index (χ0n) is 11.1. The van der Waals surface area contributed by atoms with Gasteiger partial charge in [0, 0.05) is 11.6 Å². The van der Waals surface area contributed by atoms with Crippen LogP contribution in [-0.4, -0.2) is 22.7 Å². The van der Waals surface area contributed by atoms with Gasteiger partial charge in [-0.15, -0.1) is 0 Å². The lowest BCUT2D eigenvalue weighted by atomic mass is 10.1. The molecule has 0 aliphatic heterocycles.